The summed E-state index contributed by atoms with van der Waals surface area (Å²) in [5.74, 6) is 1.25. The molecule has 0 unspecified atom stereocenters. The molecule has 2 saturated heterocycles. The van der Waals surface area contributed by atoms with E-state index in [0.717, 1.165) is 93.3 Å². The van der Waals surface area contributed by atoms with Crippen molar-refractivity contribution in [1.29, 1.82) is 0 Å². The van der Waals surface area contributed by atoms with Gasteiger partial charge in [0.05, 0.1) is 11.1 Å². The normalized spacial score (nSPS) is 24.1. The number of anilines is 1. The minimum Gasteiger partial charge on any atom is -0.488 e. The quantitative estimate of drug-likeness (QED) is 0.408. The van der Waals surface area contributed by atoms with Crippen molar-refractivity contribution >= 4 is 11.8 Å². The number of piperidine rings is 1. The van der Waals surface area contributed by atoms with Crippen LogP contribution in [0.1, 0.15) is 47.1 Å². The number of hydrogen-bond acceptors (Lipinski definition) is 6. The number of aromatic nitrogens is 1. The lowest BCUT2D eigenvalue weighted by atomic mass is 9.94. The summed E-state index contributed by atoms with van der Waals surface area (Å²) in [4.78, 5) is 21.6. The maximum absolute atomic E-state index is 11.8. The highest BCUT2D eigenvalue weighted by Gasteiger charge is 2.65. The fourth-order valence-electron chi connectivity index (χ4n) is 7.58. The standard InChI is InChI=1S/C35H41N3O4/c1-23-5-3-6-30(31-7-4-8-32(36-31)38-20-27-19-35(27,22-38)34(39)40)33(23)42-21-26-10-9-25-11-15-37(16-12-29(25)24(26)2)28-13-17-41-18-14-28/h3-10,27-28H,11-22H2,1-2H3,(H,39,40)/t27-,35-/m0/s1. The lowest BCUT2D eigenvalue weighted by Crippen LogP contribution is -2.40. The molecule has 3 aliphatic heterocycles. The zero-order valence-electron chi connectivity index (χ0n) is 24.8. The Labute approximate surface area is 248 Å². The van der Waals surface area contributed by atoms with Crippen LogP contribution in [0.2, 0.25) is 0 Å². The molecule has 4 aliphatic rings. The summed E-state index contributed by atoms with van der Waals surface area (Å²) in [6.45, 7) is 10.2. The molecular weight excluding hydrogens is 526 g/mol. The highest BCUT2D eigenvalue weighted by molar-refractivity contribution is 5.81. The summed E-state index contributed by atoms with van der Waals surface area (Å²) >= 11 is 0. The number of hydrogen-bond donors (Lipinski definition) is 1. The van der Waals surface area contributed by atoms with E-state index in [4.69, 9.17) is 14.5 Å². The van der Waals surface area contributed by atoms with Crippen LogP contribution in [-0.4, -0.2) is 66.4 Å². The van der Waals surface area contributed by atoms with E-state index in [1.807, 2.05) is 24.3 Å². The molecule has 0 spiro atoms. The summed E-state index contributed by atoms with van der Waals surface area (Å²) in [5.41, 5.74) is 7.88. The average Bonchev–Trinajstić information content (AvgIpc) is 3.66. The third-order valence-corrected chi connectivity index (χ3v) is 10.3. The van der Waals surface area contributed by atoms with Crippen LogP contribution in [0.25, 0.3) is 11.3 Å². The number of ether oxygens (including phenoxy) is 2. The number of pyridine rings is 1. The summed E-state index contributed by atoms with van der Waals surface area (Å²) < 4.78 is 12.2. The largest absolute Gasteiger partial charge is 0.488 e. The van der Waals surface area contributed by atoms with Gasteiger partial charge in [0.15, 0.2) is 0 Å². The molecule has 1 saturated carbocycles. The van der Waals surface area contributed by atoms with Crippen LogP contribution in [0.15, 0.2) is 48.5 Å². The van der Waals surface area contributed by atoms with Crippen LogP contribution >= 0.6 is 0 Å². The predicted molar refractivity (Wildman–Crippen MR) is 163 cm³/mol. The number of nitrogens with zero attached hydrogens (tertiary/aromatic N) is 3. The van der Waals surface area contributed by atoms with E-state index in [1.54, 1.807) is 0 Å². The van der Waals surface area contributed by atoms with Crippen LogP contribution in [0.3, 0.4) is 0 Å². The second-order valence-electron chi connectivity index (χ2n) is 12.7. The van der Waals surface area contributed by atoms with Crippen LogP contribution in [0, 0.1) is 25.2 Å². The molecule has 1 aromatic heterocycles. The minimum absolute atomic E-state index is 0.229. The Morgan fingerprint density at radius 2 is 1.88 bits per heavy atom. The van der Waals surface area contributed by atoms with E-state index in [2.05, 4.69) is 47.9 Å². The van der Waals surface area contributed by atoms with Crippen molar-refractivity contribution in [2.45, 2.75) is 58.6 Å². The lowest BCUT2D eigenvalue weighted by Gasteiger charge is -2.33. The van der Waals surface area contributed by atoms with Crippen molar-refractivity contribution in [3.8, 4) is 17.0 Å². The van der Waals surface area contributed by atoms with Gasteiger partial charge in [-0.15, -0.1) is 0 Å². The lowest BCUT2D eigenvalue weighted by molar-refractivity contribution is -0.143. The Kier molecular flexibility index (Phi) is 7.19. The van der Waals surface area contributed by atoms with E-state index in [9.17, 15) is 9.90 Å². The molecule has 42 heavy (non-hydrogen) atoms. The topological polar surface area (TPSA) is 75.1 Å². The number of fused-ring (bicyclic) bond motifs is 2. The van der Waals surface area contributed by atoms with Crippen LogP contribution in [0.5, 0.6) is 5.75 Å². The minimum atomic E-state index is -0.676. The number of carbonyl (C=O) groups is 1. The Hall–Kier alpha value is -3.42. The number of aryl methyl sites for hydroxylation is 1. The zero-order valence-corrected chi connectivity index (χ0v) is 24.8. The molecule has 4 heterocycles. The first-order valence-corrected chi connectivity index (χ1v) is 15.5. The first-order chi connectivity index (χ1) is 20.4. The number of carboxylic acids is 1. The van der Waals surface area contributed by atoms with E-state index in [-0.39, 0.29) is 5.92 Å². The number of para-hydroxylation sites is 1. The molecule has 2 atom stereocenters. The van der Waals surface area contributed by atoms with Crippen LogP contribution in [0.4, 0.5) is 5.82 Å². The van der Waals surface area contributed by atoms with Gasteiger partial charge in [-0.05, 0) is 97.9 Å². The molecule has 2 aromatic carbocycles. The van der Waals surface area contributed by atoms with Gasteiger partial charge in [-0.25, -0.2) is 4.98 Å². The molecule has 7 nitrogen and oxygen atoms in total. The van der Waals surface area contributed by atoms with Gasteiger partial charge >= 0.3 is 5.97 Å². The molecular formula is C35H41N3O4. The van der Waals surface area contributed by atoms with Crippen molar-refractivity contribution < 1.29 is 19.4 Å². The number of rotatable bonds is 7. The third-order valence-electron chi connectivity index (χ3n) is 10.3. The highest BCUT2D eigenvalue weighted by atomic mass is 16.5. The van der Waals surface area contributed by atoms with E-state index >= 15 is 0 Å². The van der Waals surface area contributed by atoms with Crippen LogP contribution in [-0.2, 0) is 29.0 Å². The molecule has 1 N–H and O–H groups in total. The molecule has 7 rings (SSSR count). The monoisotopic (exact) mass is 567 g/mol. The molecule has 0 radical (unpaired) electrons. The molecule has 1 aliphatic carbocycles. The highest BCUT2D eigenvalue weighted by Crippen LogP contribution is 2.58. The van der Waals surface area contributed by atoms with Crippen molar-refractivity contribution in [2.24, 2.45) is 11.3 Å². The Morgan fingerprint density at radius 3 is 2.69 bits per heavy atom. The number of aliphatic carboxylic acids is 1. The maximum atomic E-state index is 11.8. The van der Waals surface area contributed by atoms with Gasteiger partial charge in [-0.2, -0.15) is 0 Å². The molecule has 3 aromatic rings. The van der Waals surface area contributed by atoms with Crippen molar-refractivity contribution in [3.63, 3.8) is 0 Å². The van der Waals surface area contributed by atoms with Gasteiger partial charge in [0.2, 0.25) is 0 Å². The number of carboxylic acid groups (broad SMARTS) is 1. The van der Waals surface area contributed by atoms with Gasteiger partial charge in [0.1, 0.15) is 18.2 Å². The molecule has 220 valence electrons. The van der Waals surface area contributed by atoms with E-state index in [1.165, 1.54) is 22.3 Å². The van der Waals surface area contributed by atoms with E-state index < -0.39 is 11.4 Å². The summed E-state index contributed by atoms with van der Waals surface area (Å²) in [7, 11) is 0. The van der Waals surface area contributed by atoms with Gasteiger partial charge in [-0.3, -0.25) is 9.69 Å². The molecule has 7 heteroatoms. The summed E-state index contributed by atoms with van der Waals surface area (Å²) in [6, 6.07) is 17.5. The third kappa shape index (κ3) is 4.96. The van der Waals surface area contributed by atoms with Crippen molar-refractivity contribution in [1.82, 2.24) is 9.88 Å². The first-order valence-electron chi connectivity index (χ1n) is 15.5. The van der Waals surface area contributed by atoms with Crippen molar-refractivity contribution in [3.05, 3.63) is 76.3 Å². The van der Waals surface area contributed by atoms with E-state index in [0.29, 0.717) is 19.2 Å². The van der Waals surface area contributed by atoms with Gasteiger partial charge in [-0.1, -0.05) is 30.3 Å². The first kappa shape index (κ1) is 27.4. The zero-order chi connectivity index (χ0) is 28.8. The van der Waals surface area contributed by atoms with Gasteiger partial charge < -0.3 is 19.5 Å². The molecule has 0 bridgehead atoms. The fraction of sp³-hybridized carbons (Fsp3) is 0.486. The average molecular weight is 568 g/mol. The fourth-order valence-corrected chi connectivity index (χ4v) is 7.58. The Balaban J connectivity index is 1.08. The van der Waals surface area contributed by atoms with Gasteiger partial charge in [0.25, 0.3) is 0 Å². The molecule has 3 fully saturated rings. The second-order valence-corrected chi connectivity index (χ2v) is 12.7. The Bertz CT molecular complexity index is 1500. The summed E-state index contributed by atoms with van der Waals surface area (Å²) in [5, 5.41) is 9.73. The Morgan fingerprint density at radius 1 is 1.07 bits per heavy atom. The SMILES string of the molecule is Cc1cccc(-c2cccc(N3C[C@@H]4C[C@]4(C(=O)O)C3)n2)c1OCc1ccc2c(c1C)CCN(C1CCOCC1)CC2. The molecule has 0 amide bonds. The summed E-state index contributed by atoms with van der Waals surface area (Å²) in [6.07, 6.45) is 5.26. The second kappa shape index (κ2) is 11.0. The van der Waals surface area contributed by atoms with Gasteiger partial charge in [0, 0.05) is 51.0 Å². The number of benzene rings is 2. The smallest absolute Gasteiger partial charge is 0.311 e. The van der Waals surface area contributed by atoms with Crippen molar-refractivity contribution in [2.75, 3.05) is 44.3 Å². The maximum Gasteiger partial charge on any atom is 0.311 e. The predicted octanol–water partition coefficient (Wildman–Crippen LogP) is 5.43. The van der Waals surface area contributed by atoms with Crippen LogP contribution < -0.4 is 9.64 Å².